The number of nitrogens with one attached hydrogen (secondary N) is 2. The first-order chi connectivity index (χ1) is 11.6. The number of pyridine rings is 1. The van der Waals surface area contributed by atoms with Crippen molar-refractivity contribution in [3.8, 4) is 0 Å². The lowest BCUT2D eigenvalue weighted by molar-refractivity contribution is 0.495. The van der Waals surface area contributed by atoms with Crippen LogP contribution in [-0.2, 0) is 6.54 Å². The molecule has 0 bridgehead atoms. The van der Waals surface area contributed by atoms with E-state index in [9.17, 15) is 0 Å². The summed E-state index contributed by atoms with van der Waals surface area (Å²) in [7, 11) is 0. The van der Waals surface area contributed by atoms with Crippen LogP contribution in [0.4, 0.5) is 11.5 Å². The predicted octanol–water partition coefficient (Wildman–Crippen LogP) is 4.36. The summed E-state index contributed by atoms with van der Waals surface area (Å²) in [6.07, 6.45) is 1.75. The lowest BCUT2D eigenvalue weighted by atomic mass is 10.2. The minimum atomic E-state index is 0.503. The highest BCUT2D eigenvalue weighted by Gasteiger charge is 2.12. The maximum absolute atomic E-state index is 6.32. The highest BCUT2D eigenvalue weighted by Crippen LogP contribution is 2.29. The number of nitrogens with zero attached hydrogens (tertiary/aromatic N) is 4. The number of aromatic nitrogens is 5. The second kappa shape index (κ2) is 5.79. The molecule has 0 spiro atoms. The highest BCUT2D eigenvalue weighted by atomic mass is 35.5. The van der Waals surface area contributed by atoms with Crippen LogP contribution in [-0.4, -0.2) is 25.0 Å². The standard InChI is InChI=1S/C17H17ClN6/c1-10(2)9-24-14-6-5-11(8-12(14)16(18)23-24)20-17-15-13(21-22-17)4-3-7-19-15/h3-8,10H,9H2,1-2H3,(H2,20,21,22). The third-order valence-electron chi connectivity index (χ3n) is 3.83. The Bertz CT molecular complexity index is 1020. The third kappa shape index (κ3) is 2.59. The van der Waals surface area contributed by atoms with E-state index in [0.717, 1.165) is 34.2 Å². The van der Waals surface area contributed by atoms with Crippen LogP contribution >= 0.6 is 11.6 Å². The Labute approximate surface area is 143 Å². The van der Waals surface area contributed by atoms with Crippen molar-refractivity contribution in [1.82, 2.24) is 25.0 Å². The van der Waals surface area contributed by atoms with Gasteiger partial charge in [0.2, 0.25) is 0 Å². The predicted molar refractivity (Wildman–Crippen MR) is 96.8 cm³/mol. The molecule has 3 heterocycles. The second-order valence-corrected chi connectivity index (χ2v) is 6.55. The van der Waals surface area contributed by atoms with Crippen LogP contribution in [0.3, 0.4) is 0 Å². The van der Waals surface area contributed by atoms with Crippen LogP contribution in [0.1, 0.15) is 13.8 Å². The van der Waals surface area contributed by atoms with Crippen LogP contribution in [0.5, 0.6) is 0 Å². The average molecular weight is 341 g/mol. The molecule has 0 saturated heterocycles. The Morgan fingerprint density at radius 1 is 1.29 bits per heavy atom. The normalized spacial score (nSPS) is 11.7. The van der Waals surface area contributed by atoms with Crippen molar-refractivity contribution in [1.29, 1.82) is 0 Å². The summed E-state index contributed by atoms with van der Waals surface area (Å²) in [5.41, 5.74) is 3.62. The fourth-order valence-corrected chi connectivity index (χ4v) is 3.02. The summed E-state index contributed by atoms with van der Waals surface area (Å²) < 4.78 is 1.96. The number of aromatic amines is 1. The zero-order valence-electron chi connectivity index (χ0n) is 13.4. The Hall–Kier alpha value is -2.60. The lowest BCUT2D eigenvalue weighted by Crippen LogP contribution is -2.05. The molecule has 7 heteroatoms. The topological polar surface area (TPSA) is 71.4 Å². The molecule has 0 fully saturated rings. The number of rotatable bonds is 4. The van der Waals surface area contributed by atoms with Gasteiger partial charge in [-0.2, -0.15) is 10.2 Å². The Balaban J connectivity index is 1.71. The molecular weight excluding hydrogens is 324 g/mol. The van der Waals surface area contributed by atoms with Gasteiger partial charge in [0.15, 0.2) is 11.0 Å². The van der Waals surface area contributed by atoms with Gasteiger partial charge in [-0.15, -0.1) is 0 Å². The molecule has 0 unspecified atom stereocenters. The summed E-state index contributed by atoms with van der Waals surface area (Å²) in [5.74, 6) is 1.19. The van der Waals surface area contributed by atoms with E-state index in [1.165, 1.54) is 0 Å². The van der Waals surface area contributed by atoms with Crippen LogP contribution in [0.25, 0.3) is 21.9 Å². The molecule has 6 nitrogen and oxygen atoms in total. The van der Waals surface area contributed by atoms with E-state index in [0.29, 0.717) is 16.9 Å². The van der Waals surface area contributed by atoms with E-state index in [1.807, 2.05) is 35.0 Å². The van der Waals surface area contributed by atoms with Gasteiger partial charge in [0.05, 0.1) is 11.0 Å². The van der Waals surface area contributed by atoms with Crippen molar-refractivity contribution in [3.63, 3.8) is 0 Å². The maximum Gasteiger partial charge on any atom is 0.178 e. The van der Waals surface area contributed by atoms with E-state index in [2.05, 4.69) is 39.4 Å². The number of hydrogen-bond donors (Lipinski definition) is 2. The maximum atomic E-state index is 6.32. The molecule has 24 heavy (non-hydrogen) atoms. The molecule has 3 aromatic heterocycles. The van der Waals surface area contributed by atoms with Crippen molar-refractivity contribution in [3.05, 3.63) is 41.7 Å². The number of halogens is 1. The Kier molecular flexibility index (Phi) is 3.61. The van der Waals surface area contributed by atoms with Crippen molar-refractivity contribution < 1.29 is 0 Å². The Morgan fingerprint density at radius 3 is 3.00 bits per heavy atom. The van der Waals surface area contributed by atoms with Gasteiger partial charge >= 0.3 is 0 Å². The van der Waals surface area contributed by atoms with Crippen molar-refractivity contribution >= 4 is 45.0 Å². The van der Waals surface area contributed by atoms with Crippen LogP contribution < -0.4 is 5.32 Å². The number of benzene rings is 1. The number of H-pyrrole nitrogens is 1. The minimum Gasteiger partial charge on any atom is -0.337 e. The van der Waals surface area contributed by atoms with Gasteiger partial charge in [-0.1, -0.05) is 25.4 Å². The minimum absolute atomic E-state index is 0.503. The molecule has 0 atom stereocenters. The first kappa shape index (κ1) is 15.0. The fraction of sp³-hybridized carbons (Fsp3) is 0.235. The molecule has 0 amide bonds. The van der Waals surface area contributed by atoms with E-state index in [4.69, 9.17) is 11.6 Å². The summed E-state index contributed by atoms with van der Waals surface area (Å²) in [5, 5.41) is 16.4. The molecule has 0 aliphatic carbocycles. The average Bonchev–Trinajstić information content (AvgIpc) is 3.09. The molecule has 4 aromatic rings. The highest BCUT2D eigenvalue weighted by molar-refractivity contribution is 6.34. The molecule has 0 aliphatic heterocycles. The monoisotopic (exact) mass is 340 g/mol. The van der Waals surface area contributed by atoms with E-state index in [1.54, 1.807) is 6.20 Å². The van der Waals surface area contributed by atoms with Gasteiger partial charge in [0.1, 0.15) is 5.52 Å². The summed E-state index contributed by atoms with van der Waals surface area (Å²) >= 11 is 6.32. The summed E-state index contributed by atoms with van der Waals surface area (Å²) in [4.78, 5) is 4.36. The Morgan fingerprint density at radius 2 is 2.17 bits per heavy atom. The van der Waals surface area contributed by atoms with Crippen molar-refractivity contribution in [2.24, 2.45) is 5.92 Å². The zero-order chi connectivity index (χ0) is 16.7. The smallest absolute Gasteiger partial charge is 0.178 e. The third-order valence-corrected chi connectivity index (χ3v) is 4.11. The van der Waals surface area contributed by atoms with Gasteiger partial charge in [-0.25, -0.2) is 0 Å². The molecular formula is C17H17ClN6. The van der Waals surface area contributed by atoms with Crippen LogP contribution in [0, 0.1) is 5.92 Å². The van der Waals surface area contributed by atoms with Crippen LogP contribution in [0.15, 0.2) is 36.5 Å². The van der Waals surface area contributed by atoms with Gasteiger partial charge in [-0.05, 0) is 36.2 Å². The molecule has 1 aromatic carbocycles. The number of hydrogen-bond acceptors (Lipinski definition) is 4. The number of anilines is 2. The largest absolute Gasteiger partial charge is 0.337 e. The summed E-state index contributed by atoms with van der Waals surface area (Å²) in [6, 6.07) is 9.84. The van der Waals surface area contributed by atoms with Gasteiger partial charge in [0.25, 0.3) is 0 Å². The second-order valence-electron chi connectivity index (χ2n) is 6.20. The number of fused-ring (bicyclic) bond motifs is 2. The van der Waals surface area contributed by atoms with Gasteiger partial charge in [-0.3, -0.25) is 14.8 Å². The molecule has 4 rings (SSSR count). The first-order valence-electron chi connectivity index (χ1n) is 7.84. The lowest BCUT2D eigenvalue weighted by Gasteiger charge is -2.07. The van der Waals surface area contributed by atoms with E-state index in [-0.39, 0.29) is 0 Å². The molecule has 0 saturated carbocycles. The SMILES string of the molecule is CC(C)Cn1nc(Cl)c2cc(Nc3n[nH]c4cccnc34)ccc21. The molecule has 0 radical (unpaired) electrons. The quantitative estimate of drug-likeness (QED) is 0.579. The van der Waals surface area contributed by atoms with Crippen molar-refractivity contribution in [2.75, 3.05) is 5.32 Å². The van der Waals surface area contributed by atoms with Gasteiger partial charge in [0, 0.05) is 23.8 Å². The molecule has 0 aliphatic rings. The molecule has 122 valence electrons. The van der Waals surface area contributed by atoms with E-state index < -0.39 is 0 Å². The zero-order valence-corrected chi connectivity index (χ0v) is 14.2. The van der Waals surface area contributed by atoms with Gasteiger partial charge < -0.3 is 5.32 Å². The fourth-order valence-electron chi connectivity index (χ4n) is 2.78. The van der Waals surface area contributed by atoms with E-state index >= 15 is 0 Å². The van der Waals surface area contributed by atoms with Crippen molar-refractivity contribution in [2.45, 2.75) is 20.4 Å². The first-order valence-corrected chi connectivity index (χ1v) is 8.22. The molecule has 2 N–H and O–H groups in total. The van der Waals surface area contributed by atoms with Crippen LogP contribution in [0.2, 0.25) is 5.15 Å². The summed E-state index contributed by atoms with van der Waals surface area (Å²) in [6.45, 7) is 5.16.